The zero-order chi connectivity index (χ0) is 10.3. The van der Waals surface area contributed by atoms with Crippen molar-refractivity contribution in [3.05, 3.63) is 0 Å². The Bertz CT molecular complexity index is 224. The minimum Gasteiger partial charge on any atom is -0.198 e. The van der Waals surface area contributed by atoms with Gasteiger partial charge in [0.25, 0.3) is 0 Å². The van der Waals surface area contributed by atoms with Crippen LogP contribution in [-0.4, -0.2) is 12.0 Å². The van der Waals surface area contributed by atoms with Crippen LogP contribution in [0.1, 0.15) is 19.3 Å². The number of hydrogen-bond acceptors (Lipinski definition) is 2. The largest absolute Gasteiger partial charge is 0.198 e. The molecule has 0 amide bonds. The van der Waals surface area contributed by atoms with Gasteiger partial charge in [-0.05, 0) is 12.8 Å². The Morgan fingerprint density at radius 2 is 2.00 bits per heavy atom. The topological polar surface area (TPSA) is 47.6 Å². The SMILES string of the molecule is CS(F)(F)CC(C#N)CCCC#N. The van der Waals surface area contributed by atoms with E-state index in [-0.39, 0.29) is 5.75 Å². The molecule has 74 valence electrons. The smallest absolute Gasteiger partial charge is 0.0665 e. The standard InChI is InChI=1S/C8H12F2N2S/c1-13(9,10)7-8(6-12)4-2-3-5-11/h8H,2-4,7H2,1H3. The first kappa shape index (κ1) is 12.2. The predicted molar refractivity (Wildman–Crippen MR) is 49.2 cm³/mol. The second kappa shape index (κ2) is 5.77. The summed E-state index contributed by atoms with van der Waals surface area (Å²) in [5, 5.41) is 16.7. The summed E-state index contributed by atoms with van der Waals surface area (Å²) < 4.78 is 25.1. The van der Waals surface area contributed by atoms with Gasteiger partial charge in [0.2, 0.25) is 0 Å². The molecular formula is C8H12F2N2S. The van der Waals surface area contributed by atoms with Gasteiger partial charge in [0.15, 0.2) is 0 Å². The third-order valence-corrected chi connectivity index (χ3v) is 2.51. The lowest BCUT2D eigenvalue weighted by Gasteiger charge is -2.17. The van der Waals surface area contributed by atoms with Crippen LogP contribution >= 0.6 is 10.8 Å². The lowest BCUT2D eigenvalue weighted by Crippen LogP contribution is -2.06. The molecule has 2 nitrogen and oxygen atoms in total. The Labute approximate surface area is 79.1 Å². The van der Waals surface area contributed by atoms with Crippen molar-refractivity contribution >= 4 is 10.8 Å². The molecular weight excluding hydrogens is 194 g/mol. The van der Waals surface area contributed by atoms with Crippen LogP contribution in [0.15, 0.2) is 0 Å². The van der Waals surface area contributed by atoms with E-state index in [9.17, 15) is 7.77 Å². The first-order valence-electron chi connectivity index (χ1n) is 3.91. The Balaban J connectivity index is 3.80. The molecule has 0 aliphatic heterocycles. The van der Waals surface area contributed by atoms with E-state index >= 15 is 0 Å². The molecule has 0 spiro atoms. The lowest BCUT2D eigenvalue weighted by molar-refractivity contribution is 0.611. The Morgan fingerprint density at radius 3 is 2.38 bits per heavy atom. The molecule has 1 unspecified atom stereocenters. The highest BCUT2D eigenvalue weighted by Crippen LogP contribution is 2.49. The summed E-state index contributed by atoms with van der Waals surface area (Å²) in [6.07, 6.45) is 2.16. The number of nitrogens with zero attached hydrogens (tertiary/aromatic N) is 2. The van der Waals surface area contributed by atoms with Crippen LogP contribution in [-0.2, 0) is 0 Å². The number of nitriles is 2. The van der Waals surface area contributed by atoms with E-state index in [1.54, 1.807) is 0 Å². The van der Waals surface area contributed by atoms with E-state index in [1.807, 2.05) is 12.1 Å². The maximum Gasteiger partial charge on any atom is 0.0665 e. The molecule has 0 aliphatic rings. The minimum atomic E-state index is -3.58. The maximum atomic E-state index is 12.5. The molecule has 0 aromatic carbocycles. The van der Waals surface area contributed by atoms with E-state index in [0.717, 1.165) is 6.26 Å². The Kier molecular flexibility index (Phi) is 5.41. The van der Waals surface area contributed by atoms with Crippen LogP contribution in [0, 0.1) is 28.6 Å². The van der Waals surface area contributed by atoms with Gasteiger partial charge in [0.1, 0.15) is 0 Å². The number of hydrogen-bond donors (Lipinski definition) is 0. The number of halogens is 2. The molecule has 0 fully saturated rings. The number of unbranched alkanes of at least 4 members (excludes halogenated alkanes) is 1. The first-order valence-corrected chi connectivity index (χ1v) is 5.92. The normalized spacial score (nSPS) is 14.2. The second-order valence-corrected chi connectivity index (χ2v) is 5.00. The lowest BCUT2D eigenvalue weighted by atomic mass is 10.1. The highest BCUT2D eigenvalue weighted by Gasteiger charge is 2.21. The monoisotopic (exact) mass is 206 g/mol. The molecule has 0 aromatic heterocycles. The third kappa shape index (κ3) is 7.55. The molecule has 1 atom stereocenters. The van der Waals surface area contributed by atoms with Gasteiger partial charge >= 0.3 is 0 Å². The molecule has 0 N–H and O–H groups in total. The molecule has 0 rings (SSSR count). The van der Waals surface area contributed by atoms with Crippen LogP contribution in [0.3, 0.4) is 0 Å². The van der Waals surface area contributed by atoms with Gasteiger partial charge in [-0.25, -0.2) is 0 Å². The van der Waals surface area contributed by atoms with Crippen LogP contribution in [0.25, 0.3) is 0 Å². The molecule has 0 heterocycles. The Hall–Kier alpha value is -0.810. The fourth-order valence-electron chi connectivity index (χ4n) is 0.966. The minimum absolute atomic E-state index is 0.324. The van der Waals surface area contributed by atoms with Crippen molar-refractivity contribution in [1.82, 2.24) is 0 Å². The highest BCUT2D eigenvalue weighted by atomic mass is 32.3. The summed E-state index contributed by atoms with van der Waals surface area (Å²) in [4.78, 5) is 0. The third-order valence-electron chi connectivity index (χ3n) is 1.52. The molecule has 0 radical (unpaired) electrons. The summed E-state index contributed by atoms with van der Waals surface area (Å²) in [6.45, 7) is 0. The molecule has 0 bridgehead atoms. The van der Waals surface area contributed by atoms with E-state index in [0.29, 0.717) is 19.3 Å². The average molecular weight is 206 g/mol. The first-order chi connectivity index (χ1) is 5.99. The van der Waals surface area contributed by atoms with Gasteiger partial charge in [-0.3, -0.25) is 0 Å². The van der Waals surface area contributed by atoms with Crippen LogP contribution in [0.5, 0.6) is 0 Å². The number of rotatable bonds is 5. The molecule has 0 aliphatic carbocycles. The van der Waals surface area contributed by atoms with Gasteiger partial charge in [-0.15, -0.1) is 0 Å². The van der Waals surface area contributed by atoms with Gasteiger partial charge in [0, 0.05) is 18.4 Å². The van der Waals surface area contributed by atoms with E-state index < -0.39 is 16.7 Å². The fraction of sp³-hybridized carbons (Fsp3) is 0.750. The highest BCUT2D eigenvalue weighted by molar-refractivity contribution is 8.24. The molecule has 5 heteroatoms. The van der Waals surface area contributed by atoms with Gasteiger partial charge < -0.3 is 0 Å². The molecule has 0 saturated carbocycles. The zero-order valence-corrected chi connectivity index (χ0v) is 8.28. The summed E-state index contributed by atoms with van der Waals surface area (Å²) in [5.74, 6) is -0.919. The van der Waals surface area contributed by atoms with Crippen molar-refractivity contribution in [1.29, 1.82) is 10.5 Å². The van der Waals surface area contributed by atoms with Crippen molar-refractivity contribution in [3.8, 4) is 12.1 Å². The van der Waals surface area contributed by atoms with Crippen molar-refractivity contribution in [3.63, 3.8) is 0 Å². The quantitative estimate of drug-likeness (QED) is 0.649. The van der Waals surface area contributed by atoms with Crippen molar-refractivity contribution < 1.29 is 7.77 Å². The maximum absolute atomic E-state index is 12.5. The van der Waals surface area contributed by atoms with Crippen molar-refractivity contribution in [2.45, 2.75) is 19.3 Å². The van der Waals surface area contributed by atoms with Gasteiger partial charge in [0.05, 0.1) is 28.9 Å². The predicted octanol–water partition coefficient (Wildman–Crippen LogP) is 3.02. The molecule has 0 aromatic rings. The summed E-state index contributed by atoms with van der Waals surface area (Å²) in [5.41, 5.74) is 0. The molecule has 13 heavy (non-hydrogen) atoms. The molecule has 0 saturated heterocycles. The van der Waals surface area contributed by atoms with Crippen LogP contribution < -0.4 is 0 Å². The van der Waals surface area contributed by atoms with Gasteiger partial charge in [-0.1, -0.05) is 0 Å². The van der Waals surface area contributed by atoms with E-state index in [4.69, 9.17) is 10.5 Å². The second-order valence-electron chi connectivity index (χ2n) is 2.92. The van der Waals surface area contributed by atoms with E-state index in [2.05, 4.69) is 0 Å². The summed E-state index contributed by atoms with van der Waals surface area (Å²) in [6, 6.07) is 3.77. The zero-order valence-electron chi connectivity index (χ0n) is 7.46. The van der Waals surface area contributed by atoms with Crippen LogP contribution in [0.2, 0.25) is 0 Å². The van der Waals surface area contributed by atoms with Crippen LogP contribution in [0.4, 0.5) is 7.77 Å². The summed E-state index contributed by atoms with van der Waals surface area (Å²) >= 11 is 0. The summed E-state index contributed by atoms with van der Waals surface area (Å²) in [7, 11) is -3.58. The van der Waals surface area contributed by atoms with Crippen molar-refractivity contribution in [2.75, 3.05) is 12.0 Å². The van der Waals surface area contributed by atoms with E-state index in [1.165, 1.54) is 0 Å². The fourth-order valence-corrected chi connectivity index (χ4v) is 1.91. The Morgan fingerprint density at radius 1 is 1.38 bits per heavy atom. The average Bonchev–Trinajstić information content (AvgIpc) is 2.01. The van der Waals surface area contributed by atoms with Crippen molar-refractivity contribution in [2.24, 2.45) is 5.92 Å². The van der Waals surface area contributed by atoms with Gasteiger partial charge in [-0.2, -0.15) is 18.3 Å².